The summed E-state index contributed by atoms with van der Waals surface area (Å²) < 4.78 is 5.41. The van der Waals surface area contributed by atoms with Gasteiger partial charge in [0, 0.05) is 23.8 Å². The van der Waals surface area contributed by atoms with Gasteiger partial charge < -0.3 is 4.74 Å². The van der Waals surface area contributed by atoms with Crippen LogP contribution in [-0.2, 0) is 10.2 Å². The third-order valence-corrected chi connectivity index (χ3v) is 6.93. The summed E-state index contributed by atoms with van der Waals surface area (Å²) in [6.45, 7) is 8.55. The van der Waals surface area contributed by atoms with Crippen molar-refractivity contribution in [3.05, 3.63) is 53.7 Å². The number of benzene rings is 2. The first-order valence-electron chi connectivity index (χ1n) is 10.4. The Balaban J connectivity index is 1.84. The Bertz CT molecular complexity index is 1150. The number of hydrogen-bond donors (Lipinski definition) is 0. The van der Waals surface area contributed by atoms with Crippen LogP contribution in [0.25, 0.3) is 22.3 Å². The lowest BCUT2D eigenvalue weighted by Gasteiger charge is -2.53. The van der Waals surface area contributed by atoms with E-state index in [2.05, 4.69) is 26.8 Å². The second kappa shape index (κ2) is 6.12. The SMILES string of the molecule is CC(=O)Oc1ccc2c(c1)-c1nc3ccccc3nc1C1C(C)(C)CCCC21C. The van der Waals surface area contributed by atoms with Crippen molar-refractivity contribution in [1.29, 1.82) is 0 Å². The highest BCUT2D eigenvalue weighted by Gasteiger charge is 2.53. The quantitative estimate of drug-likeness (QED) is 0.392. The molecule has 2 aromatic carbocycles. The van der Waals surface area contributed by atoms with Gasteiger partial charge >= 0.3 is 5.97 Å². The first-order valence-corrected chi connectivity index (χ1v) is 10.4. The first kappa shape index (κ1) is 18.3. The van der Waals surface area contributed by atoms with Gasteiger partial charge in [-0.15, -0.1) is 0 Å². The Kier molecular flexibility index (Phi) is 3.86. The van der Waals surface area contributed by atoms with Crippen LogP contribution >= 0.6 is 0 Å². The number of carbonyl (C=O) groups is 1. The Morgan fingerprint density at radius 2 is 1.76 bits per heavy atom. The average Bonchev–Trinajstić information content (AvgIpc) is 2.65. The standard InChI is InChI=1S/C25H26N2O2/c1-15(28)29-16-10-11-18-17(14-16)21-22(27-20-9-6-5-8-19(20)26-21)23-24(2,3)12-7-13-25(18,23)4/h5-6,8-11,14,23H,7,12-13H2,1-4H3. The molecular weight excluding hydrogens is 360 g/mol. The summed E-state index contributed by atoms with van der Waals surface area (Å²) in [7, 11) is 0. The highest BCUT2D eigenvalue weighted by molar-refractivity contribution is 5.82. The summed E-state index contributed by atoms with van der Waals surface area (Å²) in [5.41, 5.74) is 6.31. The van der Waals surface area contributed by atoms with E-state index in [0.29, 0.717) is 11.7 Å². The third kappa shape index (κ3) is 2.69. The second-order valence-corrected chi connectivity index (χ2v) is 9.44. The van der Waals surface area contributed by atoms with Crippen LogP contribution in [-0.4, -0.2) is 15.9 Å². The zero-order valence-electron chi connectivity index (χ0n) is 17.5. The fourth-order valence-electron chi connectivity index (χ4n) is 5.88. The maximum Gasteiger partial charge on any atom is 0.308 e. The van der Waals surface area contributed by atoms with E-state index < -0.39 is 0 Å². The van der Waals surface area contributed by atoms with Crippen LogP contribution in [0.3, 0.4) is 0 Å². The molecule has 0 aliphatic heterocycles. The predicted octanol–water partition coefficient (Wildman–Crippen LogP) is 5.79. The molecule has 1 fully saturated rings. The number of ether oxygens (including phenoxy) is 1. The molecule has 2 aliphatic rings. The van der Waals surface area contributed by atoms with E-state index in [9.17, 15) is 4.79 Å². The monoisotopic (exact) mass is 386 g/mol. The molecule has 0 N–H and O–H groups in total. The van der Waals surface area contributed by atoms with Gasteiger partial charge in [-0.2, -0.15) is 0 Å². The minimum Gasteiger partial charge on any atom is -0.427 e. The number of fused-ring (bicyclic) bond motifs is 7. The summed E-state index contributed by atoms with van der Waals surface area (Å²) in [5.74, 6) is 0.547. The average molecular weight is 386 g/mol. The van der Waals surface area contributed by atoms with Crippen molar-refractivity contribution in [1.82, 2.24) is 9.97 Å². The van der Waals surface area contributed by atoms with E-state index in [0.717, 1.165) is 34.4 Å². The van der Waals surface area contributed by atoms with Crippen LogP contribution in [0.5, 0.6) is 5.75 Å². The Morgan fingerprint density at radius 3 is 2.48 bits per heavy atom. The molecule has 1 heterocycles. The Labute approximate surface area is 171 Å². The molecule has 148 valence electrons. The zero-order valence-corrected chi connectivity index (χ0v) is 17.5. The maximum absolute atomic E-state index is 11.5. The summed E-state index contributed by atoms with van der Waals surface area (Å²) >= 11 is 0. The molecule has 2 unspecified atom stereocenters. The molecule has 0 amide bonds. The Morgan fingerprint density at radius 1 is 1.03 bits per heavy atom. The second-order valence-electron chi connectivity index (χ2n) is 9.44. The highest BCUT2D eigenvalue weighted by atomic mass is 16.5. The zero-order chi connectivity index (χ0) is 20.4. The van der Waals surface area contributed by atoms with Crippen molar-refractivity contribution in [2.75, 3.05) is 0 Å². The van der Waals surface area contributed by atoms with Gasteiger partial charge in [-0.1, -0.05) is 45.4 Å². The van der Waals surface area contributed by atoms with Gasteiger partial charge in [0.05, 0.1) is 22.4 Å². The molecule has 1 aromatic heterocycles. The van der Waals surface area contributed by atoms with E-state index in [1.165, 1.54) is 25.3 Å². The minimum atomic E-state index is -0.312. The normalized spacial score (nSPS) is 24.3. The Hall–Kier alpha value is -2.75. The molecule has 0 radical (unpaired) electrons. The molecule has 2 aliphatic carbocycles. The van der Waals surface area contributed by atoms with E-state index >= 15 is 0 Å². The summed E-state index contributed by atoms with van der Waals surface area (Å²) in [6, 6.07) is 14.1. The molecule has 0 bridgehead atoms. The fraction of sp³-hybridized carbons (Fsp3) is 0.400. The molecule has 5 rings (SSSR count). The van der Waals surface area contributed by atoms with E-state index in [1.807, 2.05) is 36.4 Å². The van der Waals surface area contributed by atoms with Gasteiger partial charge in [0.1, 0.15) is 5.75 Å². The van der Waals surface area contributed by atoms with Crippen molar-refractivity contribution in [3.8, 4) is 17.0 Å². The molecule has 4 heteroatoms. The number of para-hydroxylation sites is 2. The van der Waals surface area contributed by atoms with Gasteiger partial charge in [-0.05, 0) is 48.1 Å². The van der Waals surface area contributed by atoms with Gasteiger partial charge in [-0.25, -0.2) is 9.97 Å². The lowest BCUT2D eigenvalue weighted by atomic mass is 9.50. The van der Waals surface area contributed by atoms with Crippen molar-refractivity contribution in [2.24, 2.45) is 5.41 Å². The van der Waals surface area contributed by atoms with E-state index in [4.69, 9.17) is 14.7 Å². The van der Waals surface area contributed by atoms with Crippen LogP contribution in [0.2, 0.25) is 0 Å². The van der Waals surface area contributed by atoms with Gasteiger partial charge in [0.2, 0.25) is 0 Å². The topological polar surface area (TPSA) is 52.1 Å². The first-order chi connectivity index (χ1) is 13.8. The fourth-order valence-corrected chi connectivity index (χ4v) is 5.88. The molecule has 4 nitrogen and oxygen atoms in total. The van der Waals surface area contributed by atoms with Crippen LogP contribution in [0, 0.1) is 5.41 Å². The minimum absolute atomic E-state index is 0.0179. The van der Waals surface area contributed by atoms with Crippen LogP contribution in [0.4, 0.5) is 0 Å². The van der Waals surface area contributed by atoms with Crippen LogP contribution in [0.15, 0.2) is 42.5 Å². The van der Waals surface area contributed by atoms with Gasteiger partial charge in [-0.3, -0.25) is 4.79 Å². The van der Waals surface area contributed by atoms with Gasteiger partial charge in [0.25, 0.3) is 0 Å². The lowest BCUT2D eigenvalue weighted by Crippen LogP contribution is -2.46. The maximum atomic E-state index is 11.5. The number of carbonyl (C=O) groups excluding carboxylic acids is 1. The van der Waals surface area contributed by atoms with Crippen LogP contribution < -0.4 is 4.74 Å². The summed E-state index contributed by atoms with van der Waals surface area (Å²) in [5, 5.41) is 0. The number of rotatable bonds is 1. The van der Waals surface area contributed by atoms with E-state index in [1.54, 1.807) is 0 Å². The highest BCUT2D eigenvalue weighted by Crippen LogP contribution is 2.62. The molecule has 1 saturated carbocycles. The van der Waals surface area contributed by atoms with Crippen molar-refractivity contribution in [2.45, 2.75) is 58.3 Å². The number of nitrogens with zero attached hydrogens (tertiary/aromatic N) is 2. The van der Waals surface area contributed by atoms with Crippen molar-refractivity contribution >= 4 is 17.0 Å². The molecule has 2 atom stereocenters. The van der Waals surface area contributed by atoms with Crippen molar-refractivity contribution < 1.29 is 9.53 Å². The summed E-state index contributed by atoms with van der Waals surface area (Å²) in [6.07, 6.45) is 3.50. The third-order valence-electron chi connectivity index (χ3n) is 6.93. The van der Waals surface area contributed by atoms with Crippen LogP contribution in [0.1, 0.15) is 64.1 Å². The molecule has 0 spiro atoms. The molecule has 29 heavy (non-hydrogen) atoms. The van der Waals surface area contributed by atoms with Crippen molar-refractivity contribution in [3.63, 3.8) is 0 Å². The predicted molar refractivity (Wildman–Crippen MR) is 114 cm³/mol. The largest absolute Gasteiger partial charge is 0.427 e. The number of esters is 1. The smallest absolute Gasteiger partial charge is 0.308 e. The number of aromatic nitrogens is 2. The number of hydrogen-bond acceptors (Lipinski definition) is 4. The molecule has 0 saturated heterocycles. The van der Waals surface area contributed by atoms with E-state index in [-0.39, 0.29) is 16.8 Å². The molecule has 3 aromatic rings. The lowest BCUT2D eigenvalue weighted by molar-refractivity contribution is -0.131. The summed E-state index contributed by atoms with van der Waals surface area (Å²) in [4.78, 5) is 21.7. The van der Waals surface area contributed by atoms with Gasteiger partial charge in [0.15, 0.2) is 0 Å². The molecular formula is C25H26N2O2.